The van der Waals surface area contributed by atoms with Gasteiger partial charge in [-0.3, -0.25) is 14.5 Å². The van der Waals surface area contributed by atoms with Crippen LogP contribution in [0.4, 0.5) is 5.69 Å². The first-order valence-electron chi connectivity index (χ1n) is 12.3. The molecule has 7 heteroatoms. The second-order valence-electron chi connectivity index (χ2n) is 9.55. The number of ether oxygens (including phenoxy) is 2. The lowest BCUT2D eigenvalue weighted by molar-refractivity contribution is -0.129. The van der Waals surface area contributed by atoms with E-state index in [4.69, 9.17) is 9.47 Å². The van der Waals surface area contributed by atoms with E-state index in [2.05, 4.69) is 31.3 Å². The Morgan fingerprint density at radius 3 is 2.37 bits per heavy atom. The summed E-state index contributed by atoms with van der Waals surface area (Å²) in [6.45, 7) is 5.53. The third-order valence-corrected chi connectivity index (χ3v) is 6.82. The molecule has 1 saturated heterocycles. The Morgan fingerprint density at radius 2 is 1.74 bits per heavy atom. The van der Waals surface area contributed by atoms with Crippen LogP contribution in [0.1, 0.15) is 44.6 Å². The maximum absolute atomic E-state index is 13.9. The molecule has 1 N–H and O–H groups in total. The van der Waals surface area contributed by atoms with Gasteiger partial charge < -0.3 is 19.7 Å². The molecule has 2 aliphatic heterocycles. The largest absolute Gasteiger partial charge is 0.494 e. The molecule has 0 radical (unpaired) electrons. The molecule has 1 fully saturated rings. The number of hydrogen-bond donors (Lipinski definition) is 1. The minimum atomic E-state index is -0.339. The van der Waals surface area contributed by atoms with Crippen LogP contribution in [0.25, 0.3) is 0 Å². The number of anilines is 1. The molecule has 2 atom stereocenters. The second kappa shape index (κ2) is 10.8. The van der Waals surface area contributed by atoms with E-state index < -0.39 is 0 Å². The highest BCUT2D eigenvalue weighted by molar-refractivity contribution is 6.24. The fourth-order valence-corrected chi connectivity index (χ4v) is 4.88. The smallest absolute Gasteiger partial charge is 0.267 e. The number of carbonyl (C=O) groups excluding carboxylic acids is 2. The van der Waals surface area contributed by atoms with Gasteiger partial charge in [0.05, 0.1) is 14.2 Å². The number of benzene rings is 2. The van der Waals surface area contributed by atoms with E-state index >= 15 is 0 Å². The van der Waals surface area contributed by atoms with Gasteiger partial charge in [-0.2, -0.15) is 0 Å². The summed E-state index contributed by atoms with van der Waals surface area (Å²) in [6.07, 6.45) is 3.81. The fraction of sp³-hybridized carbons (Fsp3) is 0.429. The van der Waals surface area contributed by atoms with E-state index in [1.807, 2.05) is 24.3 Å². The Morgan fingerprint density at radius 1 is 1.06 bits per heavy atom. The molecule has 0 bridgehead atoms. The predicted molar refractivity (Wildman–Crippen MR) is 136 cm³/mol. The van der Waals surface area contributed by atoms with Crippen LogP contribution in [0.2, 0.25) is 0 Å². The molecule has 1 unspecified atom stereocenters. The Hall–Kier alpha value is -3.48. The zero-order valence-corrected chi connectivity index (χ0v) is 21.0. The number of likely N-dealkylation sites (tertiary alicyclic amines) is 1. The van der Waals surface area contributed by atoms with Crippen molar-refractivity contribution in [3.63, 3.8) is 0 Å². The number of hydrogen-bond acceptors (Lipinski definition) is 5. The second-order valence-corrected chi connectivity index (χ2v) is 9.55. The van der Waals surface area contributed by atoms with Gasteiger partial charge in [0.15, 0.2) is 0 Å². The average molecular weight is 478 g/mol. The van der Waals surface area contributed by atoms with Crippen LogP contribution in [-0.2, 0) is 9.59 Å². The average Bonchev–Trinajstić information content (AvgIpc) is 3.37. The number of nitrogens with zero attached hydrogens (tertiary/aromatic N) is 2. The van der Waals surface area contributed by atoms with Gasteiger partial charge in [-0.15, -0.1) is 0 Å². The quantitative estimate of drug-likeness (QED) is 0.574. The van der Waals surface area contributed by atoms with Gasteiger partial charge in [0.25, 0.3) is 11.8 Å². The van der Waals surface area contributed by atoms with Crippen molar-refractivity contribution in [3.8, 4) is 11.5 Å². The van der Waals surface area contributed by atoms with E-state index in [0.29, 0.717) is 36.2 Å². The molecule has 7 nitrogen and oxygen atoms in total. The lowest BCUT2D eigenvalue weighted by Crippen LogP contribution is -2.54. The van der Waals surface area contributed by atoms with Crippen LogP contribution < -0.4 is 19.7 Å². The molecule has 2 aromatic carbocycles. The molecule has 2 aromatic rings. The van der Waals surface area contributed by atoms with E-state index in [1.165, 1.54) is 5.56 Å². The van der Waals surface area contributed by atoms with Crippen LogP contribution in [0.3, 0.4) is 0 Å². The number of methoxy groups -OCH3 is 2. The summed E-state index contributed by atoms with van der Waals surface area (Å²) in [5, 5.41) is 3.34. The summed E-state index contributed by atoms with van der Waals surface area (Å²) in [4.78, 5) is 30.9. The Bertz CT molecular complexity index is 1060. The van der Waals surface area contributed by atoms with Gasteiger partial charge in [-0.1, -0.05) is 50.2 Å². The fourth-order valence-electron chi connectivity index (χ4n) is 4.88. The summed E-state index contributed by atoms with van der Waals surface area (Å²) >= 11 is 0. The van der Waals surface area contributed by atoms with Crippen molar-refractivity contribution in [2.24, 2.45) is 5.92 Å². The lowest BCUT2D eigenvalue weighted by Gasteiger charge is -2.38. The van der Waals surface area contributed by atoms with Gasteiger partial charge >= 0.3 is 0 Å². The highest BCUT2D eigenvalue weighted by Crippen LogP contribution is 2.41. The molecule has 0 aliphatic carbocycles. The first-order valence-corrected chi connectivity index (χ1v) is 12.3. The highest BCUT2D eigenvalue weighted by Gasteiger charge is 2.40. The molecular weight excluding hydrogens is 442 g/mol. The van der Waals surface area contributed by atoms with Crippen LogP contribution in [0, 0.1) is 5.92 Å². The van der Waals surface area contributed by atoms with Crippen molar-refractivity contribution in [1.82, 2.24) is 10.2 Å². The molecule has 4 rings (SSSR count). The van der Waals surface area contributed by atoms with Crippen molar-refractivity contribution in [2.45, 2.75) is 45.2 Å². The molecule has 35 heavy (non-hydrogen) atoms. The number of para-hydroxylation sites is 1. The summed E-state index contributed by atoms with van der Waals surface area (Å²) in [5.41, 5.74) is 1.89. The van der Waals surface area contributed by atoms with E-state index in [1.54, 1.807) is 42.4 Å². The van der Waals surface area contributed by atoms with Crippen molar-refractivity contribution < 1.29 is 19.1 Å². The molecule has 2 aliphatic rings. The van der Waals surface area contributed by atoms with Gasteiger partial charge in [0.2, 0.25) is 0 Å². The molecule has 0 aromatic heterocycles. The van der Waals surface area contributed by atoms with Crippen LogP contribution in [-0.4, -0.2) is 50.2 Å². The minimum Gasteiger partial charge on any atom is -0.494 e. The van der Waals surface area contributed by atoms with E-state index in [9.17, 15) is 9.59 Å². The number of carbonyl (C=O) groups is 2. The first kappa shape index (κ1) is 24.6. The minimum absolute atomic E-state index is 0.132. The third-order valence-electron chi connectivity index (χ3n) is 6.82. The SMILES string of the molecule is COc1cccc(OC)c1N1C(=O)C(C(=O)N2CCC(c3ccccc3)C2)=CN[C@@H]1CCC(C)C. The van der Waals surface area contributed by atoms with Crippen molar-refractivity contribution in [1.29, 1.82) is 0 Å². The molecule has 0 spiro atoms. The van der Waals surface area contributed by atoms with Crippen molar-refractivity contribution >= 4 is 17.5 Å². The van der Waals surface area contributed by atoms with Gasteiger partial charge in [-0.25, -0.2) is 0 Å². The number of rotatable bonds is 8. The van der Waals surface area contributed by atoms with Crippen LogP contribution in [0.15, 0.2) is 60.3 Å². The summed E-state index contributed by atoms with van der Waals surface area (Å²) in [7, 11) is 3.14. The predicted octanol–water partition coefficient (Wildman–Crippen LogP) is 4.30. The van der Waals surface area contributed by atoms with E-state index in [-0.39, 0.29) is 29.5 Å². The number of amides is 2. The van der Waals surface area contributed by atoms with Gasteiger partial charge in [0, 0.05) is 25.2 Å². The molecule has 186 valence electrons. The molecule has 2 heterocycles. The normalized spacial score (nSPS) is 20.0. The Balaban J connectivity index is 1.63. The van der Waals surface area contributed by atoms with E-state index in [0.717, 1.165) is 19.3 Å². The standard InChI is InChI=1S/C28H35N3O4/c1-19(2)13-14-25-29-17-22(27(32)30-16-15-21(18-30)20-9-6-5-7-10-20)28(33)31(25)26-23(34-3)11-8-12-24(26)35-4/h5-12,17,19,21,25,29H,13-16,18H2,1-4H3/t21?,25-/m0/s1. The number of nitrogens with one attached hydrogen (secondary N) is 1. The lowest BCUT2D eigenvalue weighted by atomic mass is 9.99. The highest BCUT2D eigenvalue weighted by atomic mass is 16.5. The zero-order chi connectivity index (χ0) is 24.9. The topological polar surface area (TPSA) is 71.1 Å². The summed E-state index contributed by atoms with van der Waals surface area (Å²) in [6, 6.07) is 15.7. The maximum Gasteiger partial charge on any atom is 0.267 e. The third kappa shape index (κ3) is 5.14. The summed E-state index contributed by atoms with van der Waals surface area (Å²) in [5.74, 6) is 1.20. The maximum atomic E-state index is 13.9. The zero-order valence-electron chi connectivity index (χ0n) is 21.0. The summed E-state index contributed by atoms with van der Waals surface area (Å²) < 4.78 is 11.2. The van der Waals surface area contributed by atoms with Gasteiger partial charge in [-0.05, 0) is 42.9 Å². The monoisotopic (exact) mass is 477 g/mol. The molecular formula is C28H35N3O4. The van der Waals surface area contributed by atoms with Gasteiger partial charge in [0.1, 0.15) is 28.9 Å². The first-order chi connectivity index (χ1) is 16.9. The Kier molecular flexibility index (Phi) is 7.63. The van der Waals surface area contributed by atoms with Crippen LogP contribution >= 0.6 is 0 Å². The molecule has 2 amide bonds. The molecule has 0 saturated carbocycles. The van der Waals surface area contributed by atoms with Crippen molar-refractivity contribution in [3.05, 3.63) is 65.9 Å². The Labute approximate surface area is 207 Å². The van der Waals surface area contributed by atoms with Crippen molar-refractivity contribution in [2.75, 3.05) is 32.2 Å². The van der Waals surface area contributed by atoms with Crippen LogP contribution in [0.5, 0.6) is 11.5 Å².